The van der Waals surface area contributed by atoms with Gasteiger partial charge in [-0.1, -0.05) is 24.3 Å². The van der Waals surface area contributed by atoms with Crippen molar-refractivity contribution < 1.29 is 9.90 Å². The van der Waals surface area contributed by atoms with Gasteiger partial charge < -0.3 is 10.4 Å². The fourth-order valence-corrected chi connectivity index (χ4v) is 3.33. The van der Waals surface area contributed by atoms with Crippen LogP contribution in [0.5, 0.6) is 5.75 Å². The second-order valence-corrected chi connectivity index (χ2v) is 6.59. The quantitative estimate of drug-likeness (QED) is 0.900. The van der Waals surface area contributed by atoms with Crippen molar-refractivity contribution in [2.24, 2.45) is 0 Å². The summed E-state index contributed by atoms with van der Waals surface area (Å²) in [6.07, 6.45) is 2.13. The minimum atomic E-state index is 0.0226. The predicted molar refractivity (Wildman–Crippen MR) is 96.2 cm³/mol. The molecule has 3 rings (SSSR count). The topological polar surface area (TPSA) is 52.6 Å². The number of phenolic OH excluding ortho intramolecular Hbond substituents is 1. The van der Waals surface area contributed by atoms with E-state index in [1.54, 1.807) is 12.1 Å². The summed E-state index contributed by atoms with van der Waals surface area (Å²) >= 11 is 0. The molecule has 0 spiro atoms. The lowest BCUT2D eigenvalue weighted by Crippen LogP contribution is -2.33. The first kappa shape index (κ1) is 16.5. The minimum Gasteiger partial charge on any atom is -0.508 e. The lowest BCUT2D eigenvalue weighted by atomic mass is 10.0. The number of hydrogen-bond acceptors (Lipinski definition) is 3. The number of rotatable bonds is 4. The van der Waals surface area contributed by atoms with Crippen molar-refractivity contribution in [2.45, 2.75) is 32.7 Å². The molecule has 1 saturated heterocycles. The number of aryl methyl sites for hydroxylation is 2. The minimum absolute atomic E-state index is 0.0226. The number of phenols is 1. The second-order valence-electron chi connectivity index (χ2n) is 6.59. The first-order chi connectivity index (χ1) is 11.5. The highest BCUT2D eigenvalue weighted by molar-refractivity contribution is 5.93. The summed E-state index contributed by atoms with van der Waals surface area (Å²) in [5.74, 6) is 0.297. The summed E-state index contributed by atoms with van der Waals surface area (Å²) in [5.41, 5.74) is 4.26. The number of aromatic hydroxyl groups is 1. The zero-order chi connectivity index (χ0) is 17.1. The third-order valence-corrected chi connectivity index (χ3v) is 4.66. The molecule has 0 saturated carbocycles. The summed E-state index contributed by atoms with van der Waals surface area (Å²) in [6, 6.07) is 13.6. The normalized spacial score (nSPS) is 17.8. The van der Waals surface area contributed by atoms with Crippen LogP contribution < -0.4 is 5.32 Å². The highest BCUT2D eigenvalue weighted by atomic mass is 16.3. The van der Waals surface area contributed by atoms with Gasteiger partial charge in [-0.15, -0.1) is 0 Å². The van der Waals surface area contributed by atoms with Gasteiger partial charge in [-0.2, -0.15) is 0 Å². The van der Waals surface area contributed by atoms with Crippen LogP contribution in [0.2, 0.25) is 0 Å². The first-order valence-electron chi connectivity index (χ1n) is 8.43. The van der Waals surface area contributed by atoms with E-state index in [-0.39, 0.29) is 17.7 Å². The zero-order valence-electron chi connectivity index (χ0n) is 14.2. The van der Waals surface area contributed by atoms with Gasteiger partial charge in [0, 0.05) is 11.7 Å². The van der Waals surface area contributed by atoms with Crippen LogP contribution in [-0.4, -0.2) is 29.0 Å². The van der Waals surface area contributed by atoms with Crippen molar-refractivity contribution in [1.82, 2.24) is 4.90 Å². The Morgan fingerprint density at radius 2 is 1.96 bits per heavy atom. The third-order valence-electron chi connectivity index (χ3n) is 4.66. The van der Waals surface area contributed by atoms with E-state index in [9.17, 15) is 9.90 Å². The van der Waals surface area contributed by atoms with Gasteiger partial charge in [0.05, 0.1) is 6.54 Å². The molecule has 1 amide bonds. The maximum atomic E-state index is 12.5. The van der Waals surface area contributed by atoms with E-state index < -0.39 is 0 Å². The number of hydrogen-bond donors (Lipinski definition) is 2. The van der Waals surface area contributed by atoms with E-state index in [1.807, 2.05) is 44.2 Å². The number of benzene rings is 2. The molecule has 126 valence electrons. The van der Waals surface area contributed by atoms with Gasteiger partial charge in [-0.05, 0) is 68.1 Å². The molecular weight excluding hydrogens is 300 g/mol. The molecule has 1 aliphatic rings. The van der Waals surface area contributed by atoms with Crippen LogP contribution >= 0.6 is 0 Å². The standard InChI is InChI=1S/C20H24N2O2/c1-14-5-6-15(2)18(12-14)21-20(24)13-22-11-3-4-19(22)16-7-9-17(23)10-8-16/h5-10,12,19,23H,3-4,11,13H2,1-2H3,(H,21,24)/t19-/m1/s1. The lowest BCUT2D eigenvalue weighted by molar-refractivity contribution is -0.117. The molecule has 4 nitrogen and oxygen atoms in total. The van der Waals surface area contributed by atoms with Crippen molar-refractivity contribution in [3.8, 4) is 5.75 Å². The molecule has 0 unspecified atom stereocenters. The van der Waals surface area contributed by atoms with Crippen molar-refractivity contribution in [3.05, 3.63) is 59.2 Å². The fourth-order valence-electron chi connectivity index (χ4n) is 3.33. The molecule has 0 aromatic heterocycles. The molecule has 2 N–H and O–H groups in total. The van der Waals surface area contributed by atoms with E-state index in [0.29, 0.717) is 6.54 Å². The summed E-state index contributed by atoms with van der Waals surface area (Å²) < 4.78 is 0. The number of nitrogens with one attached hydrogen (secondary N) is 1. The molecule has 1 atom stereocenters. The Balaban J connectivity index is 1.67. The molecule has 1 aliphatic heterocycles. The van der Waals surface area contributed by atoms with E-state index >= 15 is 0 Å². The van der Waals surface area contributed by atoms with Crippen molar-refractivity contribution in [2.75, 3.05) is 18.4 Å². The molecule has 2 aromatic rings. The Labute approximate surface area is 143 Å². The molecule has 0 aliphatic carbocycles. The van der Waals surface area contributed by atoms with Crippen molar-refractivity contribution in [3.63, 3.8) is 0 Å². The number of carbonyl (C=O) groups excluding carboxylic acids is 1. The Hall–Kier alpha value is -2.33. The molecule has 4 heteroatoms. The van der Waals surface area contributed by atoms with Gasteiger partial charge >= 0.3 is 0 Å². The fraction of sp³-hybridized carbons (Fsp3) is 0.350. The smallest absolute Gasteiger partial charge is 0.238 e. The molecule has 24 heavy (non-hydrogen) atoms. The maximum Gasteiger partial charge on any atom is 0.238 e. The molecule has 1 fully saturated rings. The maximum absolute atomic E-state index is 12.5. The predicted octanol–water partition coefficient (Wildman–Crippen LogP) is 3.78. The molecule has 1 heterocycles. The van der Waals surface area contributed by atoms with E-state index in [0.717, 1.165) is 41.8 Å². The van der Waals surface area contributed by atoms with Crippen LogP contribution in [0.3, 0.4) is 0 Å². The summed E-state index contributed by atoms with van der Waals surface area (Å²) in [7, 11) is 0. The molecule has 0 radical (unpaired) electrons. The van der Waals surface area contributed by atoms with Crippen LogP contribution in [0.1, 0.15) is 35.6 Å². The van der Waals surface area contributed by atoms with Gasteiger partial charge in [0.15, 0.2) is 0 Å². The second kappa shape index (κ2) is 7.05. The summed E-state index contributed by atoms with van der Waals surface area (Å²) in [4.78, 5) is 14.7. The van der Waals surface area contributed by atoms with Crippen molar-refractivity contribution >= 4 is 11.6 Å². The van der Waals surface area contributed by atoms with E-state index in [4.69, 9.17) is 0 Å². The van der Waals surface area contributed by atoms with Crippen LogP contribution in [0, 0.1) is 13.8 Å². The van der Waals surface area contributed by atoms with E-state index in [1.165, 1.54) is 0 Å². The van der Waals surface area contributed by atoms with Crippen LogP contribution in [-0.2, 0) is 4.79 Å². The summed E-state index contributed by atoms with van der Waals surface area (Å²) in [5, 5.41) is 12.5. The Kier molecular flexibility index (Phi) is 4.86. The lowest BCUT2D eigenvalue weighted by Gasteiger charge is -2.24. The molecule has 2 aromatic carbocycles. The average Bonchev–Trinajstić information content (AvgIpc) is 2.99. The third kappa shape index (κ3) is 3.77. The van der Waals surface area contributed by atoms with Crippen molar-refractivity contribution in [1.29, 1.82) is 0 Å². The number of anilines is 1. The Morgan fingerprint density at radius 3 is 2.71 bits per heavy atom. The number of carbonyl (C=O) groups is 1. The van der Waals surface area contributed by atoms with Gasteiger partial charge in [-0.25, -0.2) is 0 Å². The first-order valence-corrected chi connectivity index (χ1v) is 8.43. The summed E-state index contributed by atoms with van der Waals surface area (Å²) in [6.45, 7) is 5.34. The van der Waals surface area contributed by atoms with E-state index in [2.05, 4.69) is 10.2 Å². The Bertz CT molecular complexity index is 725. The van der Waals surface area contributed by atoms with Gasteiger partial charge in [0.1, 0.15) is 5.75 Å². The zero-order valence-corrected chi connectivity index (χ0v) is 14.2. The van der Waals surface area contributed by atoms with Crippen LogP contribution in [0.25, 0.3) is 0 Å². The van der Waals surface area contributed by atoms with Gasteiger partial charge in [-0.3, -0.25) is 9.69 Å². The van der Waals surface area contributed by atoms with Gasteiger partial charge in [0.25, 0.3) is 0 Å². The Morgan fingerprint density at radius 1 is 1.21 bits per heavy atom. The van der Waals surface area contributed by atoms with Crippen LogP contribution in [0.4, 0.5) is 5.69 Å². The monoisotopic (exact) mass is 324 g/mol. The average molecular weight is 324 g/mol. The molecular formula is C20H24N2O2. The molecule has 0 bridgehead atoms. The number of nitrogens with zero attached hydrogens (tertiary/aromatic N) is 1. The van der Waals surface area contributed by atoms with Gasteiger partial charge in [0.2, 0.25) is 5.91 Å². The highest BCUT2D eigenvalue weighted by Crippen LogP contribution is 2.32. The SMILES string of the molecule is Cc1ccc(C)c(NC(=O)CN2CCC[C@@H]2c2ccc(O)cc2)c1. The number of likely N-dealkylation sites (tertiary alicyclic amines) is 1. The largest absolute Gasteiger partial charge is 0.508 e. The number of amides is 1. The highest BCUT2D eigenvalue weighted by Gasteiger charge is 2.27. The van der Waals surface area contributed by atoms with Crippen LogP contribution in [0.15, 0.2) is 42.5 Å².